The number of nitrogens with zero attached hydrogens (tertiary/aromatic N) is 1. The van der Waals surface area contributed by atoms with Gasteiger partial charge in [-0.1, -0.05) is 32.6 Å². The smallest absolute Gasteiger partial charge is 0.225 e. The maximum absolute atomic E-state index is 11.6. The Kier molecular flexibility index (Phi) is 6.30. The first-order valence-electron chi connectivity index (χ1n) is 6.45. The maximum Gasteiger partial charge on any atom is 0.225 e. The van der Waals surface area contributed by atoms with E-state index in [9.17, 15) is 4.79 Å². The lowest BCUT2D eigenvalue weighted by Gasteiger charge is -2.04. The largest absolute Gasteiger partial charge is 0.311 e. The van der Waals surface area contributed by atoms with Gasteiger partial charge in [-0.25, -0.2) is 4.98 Å². The standard InChI is InChI=1S/C14H22N2O/c1-3-4-5-6-7-8-14(17)16-13-11-12(2)9-10-15-13/h9-11H,3-8H2,1-2H3,(H,15,16,17). The second-order valence-corrected chi connectivity index (χ2v) is 4.43. The van der Waals surface area contributed by atoms with Crippen LogP contribution in [0.1, 0.15) is 51.0 Å². The van der Waals surface area contributed by atoms with E-state index in [1.165, 1.54) is 19.3 Å². The fourth-order valence-electron chi connectivity index (χ4n) is 1.70. The Morgan fingerprint density at radius 2 is 2.06 bits per heavy atom. The lowest BCUT2D eigenvalue weighted by Crippen LogP contribution is -2.12. The molecule has 3 heteroatoms. The van der Waals surface area contributed by atoms with Gasteiger partial charge in [-0.2, -0.15) is 0 Å². The molecule has 0 bridgehead atoms. The molecule has 0 aromatic carbocycles. The van der Waals surface area contributed by atoms with Crippen LogP contribution in [-0.4, -0.2) is 10.9 Å². The summed E-state index contributed by atoms with van der Waals surface area (Å²) in [7, 11) is 0. The fourth-order valence-corrected chi connectivity index (χ4v) is 1.70. The lowest BCUT2D eigenvalue weighted by atomic mass is 10.1. The van der Waals surface area contributed by atoms with Crippen LogP contribution in [0.3, 0.4) is 0 Å². The highest BCUT2D eigenvalue weighted by Gasteiger charge is 2.02. The minimum absolute atomic E-state index is 0.0691. The van der Waals surface area contributed by atoms with Gasteiger partial charge in [0.05, 0.1) is 0 Å². The number of aryl methyl sites for hydroxylation is 1. The van der Waals surface area contributed by atoms with Gasteiger partial charge in [0.2, 0.25) is 5.91 Å². The molecule has 0 fully saturated rings. The number of carbonyl (C=O) groups excluding carboxylic acids is 1. The molecule has 1 rings (SSSR count). The number of anilines is 1. The summed E-state index contributed by atoms with van der Waals surface area (Å²) in [5.74, 6) is 0.725. The van der Waals surface area contributed by atoms with Crippen LogP contribution in [0.25, 0.3) is 0 Å². The average molecular weight is 234 g/mol. The molecule has 0 aliphatic heterocycles. The van der Waals surface area contributed by atoms with E-state index in [-0.39, 0.29) is 5.91 Å². The first kappa shape index (κ1) is 13.7. The molecule has 0 spiro atoms. The summed E-state index contributed by atoms with van der Waals surface area (Å²) in [5, 5.41) is 2.82. The molecule has 0 aliphatic rings. The van der Waals surface area contributed by atoms with Gasteiger partial charge in [-0.05, 0) is 31.0 Å². The number of amides is 1. The van der Waals surface area contributed by atoms with E-state index in [0.717, 1.165) is 18.4 Å². The molecule has 0 atom stereocenters. The van der Waals surface area contributed by atoms with Crippen LogP contribution in [0.2, 0.25) is 0 Å². The van der Waals surface area contributed by atoms with Gasteiger partial charge in [-0.3, -0.25) is 4.79 Å². The molecule has 0 unspecified atom stereocenters. The van der Waals surface area contributed by atoms with Crippen LogP contribution >= 0.6 is 0 Å². The van der Waals surface area contributed by atoms with E-state index >= 15 is 0 Å². The van der Waals surface area contributed by atoms with Gasteiger partial charge in [0.1, 0.15) is 5.82 Å². The topological polar surface area (TPSA) is 42.0 Å². The highest BCUT2D eigenvalue weighted by molar-refractivity contribution is 5.89. The van der Waals surface area contributed by atoms with Crippen molar-refractivity contribution in [3.8, 4) is 0 Å². The quantitative estimate of drug-likeness (QED) is 0.731. The third-order valence-electron chi connectivity index (χ3n) is 2.69. The third kappa shape index (κ3) is 6.05. The molecule has 0 saturated carbocycles. The summed E-state index contributed by atoms with van der Waals surface area (Å²) >= 11 is 0. The Balaban J connectivity index is 2.21. The number of nitrogens with one attached hydrogen (secondary N) is 1. The molecule has 0 radical (unpaired) electrons. The van der Waals surface area contributed by atoms with Crippen LogP contribution in [0.15, 0.2) is 18.3 Å². The average Bonchev–Trinajstić information content (AvgIpc) is 2.29. The van der Waals surface area contributed by atoms with E-state index < -0.39 is 0 Å². The van der Waals surface area contributed by atoms with Gasteiger partial charge in [-0.15, -0.1) is 0 Å². The predicted molar refractivity (Wildman–Crippen MR) is 71.0 cm³/mol. The summed E-state index contributed by atoms with van der Waals surface area (Å²) in [6, 6.07) is 3.80. The van der Waals surface area contributed by atoms with Crippen molar-refractivity contribution >= 4 is 11.7 Å². The van der Waals surface area contributed by atoms with Crippen molar-refractivity contribution in [2.24, 2.45) is 0 Å². The molecule has 1 heterocycles. The molecular formula is C14H22N2O. The number of carbonyl (C=O) groups is 1. The zero-order valence-electron chi connectivity index (χ0n) is 10.8. The van der Waals surface area contributed by atoms with Crippen molar-refractivity contribution in [2.45, 2.75) is 52.4 Å². The molecule has 1 aromatic heterocycles. The van der Waals surface area contributed by atoms with Crippen molar-refractivity contribution in [1.82, 2.24) is 4.98 Å². The molecule has 0 aliphatic carbocycles. The summed E-state index contributed by atoms with van der Waals surface area (Å²) in [6.07, 6.45) is 8.15. The highest BCUT2D eigenvalue weighted by Crippen LogP contribution is 2.08. The minimum Gasteiger partial charge on any atom is -0.311 e. The maximum atomic E-state index is 11.6. The van der Waals surface area contributed by atoms with E-state index in [4.69, 9.17) is 0 Å². The van der Waals surface area contributed by atoms with Crippen LogP contribution in [0.5, 0.6) is 0 Å². The number of pyridine rings is 1. The molecule has 3 nitrogen and oxygen atoms in total. The Morgan fingerprint density at radius 3 is 2.76 bits per heavy atom. The first-order valence-corrected chi connectivity index (χ1v) is 6.45. The zero-order valence-corrected chi connectivity index (χ0v) is 10.8. The summed E-state index contributed by atoms with van der Waals surface area (Å²) in [6.45, 7) is 4.18. The molecule has 17 heavy (non-hydrogen) atoms. The van der Waals surface area contributed by atoms with Crippen LogP contribution < -0.4 is 5.32 Å². The molecule has 1 aromatic rings. The number of hydrogen-bond acceptors (Lipinski definition) is 2. The molecule has 94 valence electrons. The lowest BCUT2D eigenvalue weighted by molar-refractivity contribution is -0.116. The SMILES string of the molecule is CCCCCCCC(=O)Nc1cc(C)ccn1. The number of rotatable bonds is 7. The second kappa shape index (κ2) is 7.82. The monoisotopic (exact) mass is 234 g/mol. The second-order valence-electron chi connectivity index (χ2n) is 4.43. The number of unbranched alkanes of at least 4 members (excludes halogenated alkanes) is 4. The van der Waals surface area contributed by atoms with Crippen molar-refractivity contribution < 1.29 is 4.79 Å². The van der Waals surface area contributed by atoms with Crippen molar-refractivity contribution in [1.29, 1.82) is 0 Å². The van der Waals surface area contributed by atoms with Gasteiger partial charge >= 0.3 is 0 Å². The molecular weight excluding hydrogens is 212 g/mol. The van der Waals surface area contributed by atoms with E-state index in [1.54, 1.807) is 6.20 Å². The fraction of sp³-hybridized carbons (Fsp3) is 0.571. The predicted octanol–water partition coefficient (Wildman–Crippen LogP) is 3.69. The van der Waals surface area contributed by atoms with Crippen LogP contribution in [0.4, 0.5) is 5.82 Å². The highest BCUT2D eigenvalue weighted by atomic mass is 16.1. The van der Waals surface area contributed by atoms with Gasteiger partial charge in [0, 0.05) is 12.6 Å². The third-order valence-corrected chi connectivity index (χ3v) is 2.69. The van der Waals surface area contributed by atoms with Gasteiger partial charge < -0.3 is 5.32 Å². The van der Waals surface area contributed by atoms with Gasteiger partial charge in [0.25, 0.3) is 0 Å². The molecule has 0 saturated heterocycles. The van der Waals surface area contributed by atoms with Crippen LogP contribution in [0, 0.1) is 6.92 Å². The van der Waals surface area contributed by atoms with Crippen molar-refractivity contribution in [2.75, 3.05) is 5.32 Å². The van der Waals surface area contributed by atoms with Crippen molar-refractivity contribution in [3.63, 3.8) is 0 Å². The number of hydrogen-bond donors (Lipinski definition) is 1. The Hall–Kier alpha value is -1.38. The van der Waals surface area contributed by atoms with Crippen LogP contribution in [-0.2, 0) is 4.79 Å². The van der Waals surface area contributed by atoms with Crippen molar-refractivity contribution in [3.05, 3.63) is 23.9 Å². The number of aromatic nitrogens is 1. The zero-order chi connectivity index (χ0) is 12.5. The van der Waals surface area contributed by atoms with E-state index in [0.29, 0.717) is 12.2 Å². The summed E-state index contributed by atoms with van der Waals surface area (Å²) < 4.78 is 0. The summed E-state index contributed by atoms with van der Waals surface area (Å²) in [5.41, 5.74) is 1.11. The normalized spacial score (nSPS) is 10.2. The Bertz CT molecular complexity index is 350. The molecule has 1 amide bonds. The Morgan fingerprint density at radius 1 is 1.29 bits per heavy atom. The summed E-state index contributed by atoms with van der Waals surface area (Å²) in [4.78, 5) is 15.7. The van der Waals surface area contributed by atoms with E-state index in [2.05, 4.69) is 17.2 Å². The minimum atomic E-state index is 0.0691. The van der Waals surface area contributed by atoms with E-state index in [1.807, 2.05) is 19.1 Å². The Labute approximate surface area is 104 Å². The first-order chi connectivity index (χ1) is 8.22. The molecule has 1 N–H and O–H groups in total. The van der Waals surface area contributed by atoms with Gasteiger partial charge in [0.15, 0.2) is 0 Å².